The van der Waals surface area contributed by atoms with Gasteiger partial charge in [0.2, 0.25) is 0 Å². The smallest absolute Gasteiger partial charge is 0.259 e. The molecule has 2 aromatic rings. The normalized spacial score (nSPS) is 14.5. The van der Waals surface area contributed by atoms with Crippen molar-refractivity contribution < 1.29 is 14.3 Å². The van der Waals surface area contributed by atoms with Crippen LogP contribution in [0, 0.1) is 5.92 Å². The summed E-state index contributed by atoms with van der Waals surface area (Å²) in [5, 5.41) is 0.422. The molecule has 5 heteroatoms. The first-order valence-corrected chi connectivity index (χ1v) is 9.58. The van der Waals surface area contributed by atoms with Crippen LogP contribution in [0.2, 0.25) is 5.02 Å². The first kappa shape index (κ1) is 20.0. The van der Waals surface area contributed by atoms with Gasteiger partial charge in [-0.15, -0.1) is 0 Å². The van der Waals surface area contributed by atoms with Gasteiger partial charge in [0.05, 0.1) is 17.8 Å². The van der Waals surface area contributed by atoms with E-state index in [9.17, 15) is 4.79 Å². The minimum atomic E-state index is -0.00280. The van der Waals surface area contributed by atoms with Crippen molar-refractivity contribution in [1.82, 2.24) is 0 Å². The zero-order valence-electron chi connectivity index (χ0n) is 16.4. The molecule has 0 radical (unpaired) electrons. The van der Waals surface area contributed by atoms with E-state index >= 15 is 0 Å². The fourth-order valence-electron chi connectivity index (χ4n) is 3.26. The van der Waals surface area contributed by atoms with Gasteiger partial charge in [0.25, 0.3) is 5.91 Å². The maximum absolute atomic E-state index is 13.1. The number of carbonyl (C=O) groups excluding carboxylic acids is 1. The summed E-state index contributed by atoms with van der Waals surface area (Å²) in [4.78, 5) is 14.9. The Morgan fingerprint density at radius 2 is 2.00 bits per heavy atom. The second kappa shape index (κ2) is 8.53. The van der Waals surface area contributed by atoms with Crippen LogP contribution in [0.15, 0.2) is 49.1 Å². The Hall–Kier alpha value is -2.72. The predicted molar refractivity (Wildman–Crippen MR) is 115 cm³/mol. The van der Waals surface area contributed by atoms with E-state index in [-0.39, 0.29) is 5.91 Å². The Morgan fingerprint density at radius 1 is 1.25 bits per heavy atom. The van der Waals surface area contributed by atoms with Crippen LogP contribution in [0.1, 0.15) is 25.0 Å². The number of amides is 1. The van der Waals surface area contributed by atoms with Crippen LogP contribution < -0.4 is 14.4 Å². The molecule has 0 N–H and O–H groups in total. The van der Waals surface area contributed by atoms with Gasteiger partial charge in [0.15, 0.2) is 11.5 Å². The van der Waals surface area contributed by atoms with Gasteiger partial charge in [-0.3, -0.25) is 4.79 Å². The fourth-order valence-corrected chi connectivity index (χ4v) is 3.54. The maximum atomic E-state index is 13.1. The van der Waals surface area contributed by atoms with Crippen LogP contribution in [0.25, 0.3) is 11.6 Å². The van der Waals surface area contributed by atoms with Gasteiger partial charge in [-0.1, -0.05) is 56.3 Å². The van der Waals surface area contributed by atoms with Crippen molar-refractivity contribution in [3.8, 4) is 11.5 Å². The molecular weight excluding hydrogens is 374 g/mol. The van der Waals surface area contributed by atoms with E-state index in [0.717, 1.165) is 16.8 Å². The molecule has 3 rings (SSSR count). The summed E-state index contributed by atoms with van der Waals surface area (Å²) in [7, 11) is 1.56. The van der Waals surface area contributed by atoms with Crippen LogP contribution in [0.4, 0.5) is 5.69 Å². The standard InChI is InChI=1S/C23H24ClNO3/c1-5-10-28-22-19(24)12-16(13-21(22)27-4)11-18-17-8-6-7-9-20(17)25(23(18)26)14-15(2)3/h5-9,11-13,15H,1,10,14H2,2-4H3/b18-11-. The van der Waals surface area contributed by atoms with E-state index in [1.807, 2.05) is 41.3 Å². The minimum Gasteiger partial charge on any atom is -0.493 e. The Balaban J connectivity index is 2.04. The lowest BCUT2D eigenvalue weighted by atomic mass is 10.0. The highest BCUT2D eigenvalue weighted by Gasteiger charge is 2.32. The molecule has 0 aliphatic carbocycles. The molecule has 0 bridgehead atoms. The zero-order valence-corrected chi connectivity index (χ0v) is 17.1. The second-order valence-electron chi connectivity index (χ2n) is 7.02. The first-order chi connectivity index (χ1) is 13.5. The molecule has 1 aliphatic rings. The van der Waals surface area contributed by atoms with Crippen molar-refractivity contribution in [3.05, 3.63) is 65.2 Å². The third-order valence-electron chi connectivity index (χ3n) is 4.42. The van der Waals surface area contributed by atoms with E-state index < -0.39 is 0 Å². The molecule has 1 aliphatic heterocycles. The van der Waals surface area contributed by atoms with Gasteiger partial charge in [0.1, 0.15) is 6.61 Å². The van der Waals surface area contributed by atoms with Gasteiger partial charge in [0, 0.05) is 17.7 Å². The molecule has 0 unspecified atom stereocenters. The van der Waals surface area contributed by atoms with Gasteiger partial charge < -0.3 is 14.4 Å². The van der Waals surface area contributed by atoms with Crippen LogP contribution >= 0.6 is 11.6 Å². The molecule has 4 nitrogen and oxygen atoms in total. The topological polar surface area (TPSA) is 38.8 Å². The fraction of sp³-hybridized carbons (Fsp3) is 0.261. The summed E-state index contributed by atoms with van der Waals surface area (Å²) in [5.74, 6) is 1.34. The molecule has 1 heterocycles. The number of nitrogens with zero attached hydrogens (tertiary/aromatic N) is 1. The Labute approximate surface area is 171 Å². The number of hydrogen-bond acceptors (Lipinski definition) is 3. The number of ether oxygens (including phenoxy) is 2. The van der Waals surface area contributed by atoms with Crippen LogP contribution in [0.3, 0.4) is 0 Å². The number of hydrogen-bond donors (Lipinski definition) is 0. The highest BCUT2D eigenvalue weighted by atomic mass is 35.5. The number of benzene rings is 2. The average Bonchev–Trinajstić information content (AvgIpc) is 2.92. The number of carbonyl (C=O) groups is 1. The average molecular weight is 398 g/mol. The molecule has 2 aromatic carbocycles. The number of anilines is 1. The summed E-state index contributed by atoms with van der Waals surface area (Å²) in [6, 6.07) is 11.4. The van der Waals surface area contributed by atoms with E-state index in [0.29, 0.717) is 41.2 Å². The maximum Gasteiger partial charge on any atom is 0.259 e. The highest BCUT2D eigenvalue weighted by Crippen LogP contribution is 2.41. The quantitative estimate of drug-likeness (QED) is 0.460. The highest BCUT2D eigenvalue weighted by molar-refractivity contribution is 6.36. The Morgan fingerprint density at radius 3 is 2.68 bits per heavy atom. The van der Waals surface area contributed by atoms with Crippen LogP contribution in [-0.4, -0.2) is 26.2 Å². The Kier molecular flexibility index (Phi) is 6.10. The second-order valence-corrected chi connectivity index (χ2v) is 7.43. The van der Waals surface area contributed by atoms with Crippen molar-refractivity contribution in [3.63, 3.8) is 0 Å². The lowest BCUT2D eigenvalue weighted by Crippen LogP contribution is -2.30. The minimum absolute atomic E-state index is 0.00280. The molecule has 28 heavy (non-hydrogen) atoms. The summed E-state index contributed by atoms with van der Waals surface area (Å²) < 4.78 is 11.0. The lowest BCUT2D eigenvalue weighted by Gasteiger charge is -2.19. The van der Waals surface area contributed by atoms with Gasteiger partial charge >= 0.3 is 0 Å². The molecule has 0 saturated heterocycles. The largest absolute Gasteiger partial charge is 0.493 e. The van der Waals surface area contributed by atoms with Crippen LogP contribution in [-0.2, 0) is 4.79 Å². The van der Waals surface area contributed by atoms with Gasteiger partial charge in [-0.05, 0) is 35.8 Å². The van der Waals surface area contributed by atoms with E-state index in [1.165, 1.54) is 0 Å². The van der Waals surface area contributed by atoms with Crippen molar-refractivity contribution in [2.24, 2.45) is 5.92 Å². The molecule has 0 spiro atoms. The van der Waals surface area contributed by atoms with Crippen molar-refractivity contribution >= 4 is 34.8 Å². The number of rotatable bonds is 7. The number of fused-ring (bicyclic) bond motifs is 1. The predicted octanol–water partition coefficient (Wildman–Crippen LogP) is 5.46. The SMILES string of the molecule is C=CCOc1c(Cl)cc(/C=C2\C(=O)N(CC(C)C)c3ccccc32)cc1OC. The van der Waals surface area contributed by atoms with Gasteiger partial charge in [-0.25, -0.2) is 0 Å². The van der Waals surface area contributed by atoms with E-state index in [1.54, 1.807) is 19.3 Å². The molecule has 0 aromatic heterocycles. The summed E-state index contributed by atoms with van der Waals surface area (Å²) >= 11 is 6.40. The molecule has 1 amide bonds. The molecule has 0 saturated carbocycles. The number of halogens is 1. The van der Waals surface area contributed by atoms with E-state index in [4.69, 9.17) is 21.1 Å². The summed E-state index contributed by atoms with van der Waals surface area (Å²) in [6.45, 7) is 8.84. The third-order valence-corrected chi connectivity index (χ3v) is 4.70. The van der Waals surface area contributed by atoms with E-state index in [2.05, 4.69) is 20.4 Å². The zero-order chi connectivity index (χ0) is 20.3. The molecular formula is C23H24ClNO3. The van der Waals surface area contributed by atoms with Crippen molar-refractivity contribution in [2.45, 2.75) is 13.8 Å². The first-order valence-electron chi connectivity index (χ1n) is 9.20. The molecule has 0 atom stereocenters. The summed E-state index contributed by atoms with van der Waals surface area (Å²) in [6.07, 6.45) is 3.50. The molecule has 146 valence electrons. The van der Waals surface area contributed by atoms with Crippen molar-refractivity contribution in [2.75, 3.05) is 25.2 Å². The monoisotopic (exact) mass is 397 g/mol. The van der Waals surface area contributed by atoms with Crippen LogP contribution in [0.5, 0.6) is 11.5 Å². The van der Waals surface area contributed by atoms with Crippen molar-refractivity contribution in [1.29, 1.82) is 0 Å². The third kappa shape index (κ3) is 3.92. The number of para-hydroxylation sites is 1. The summed E-state index contributed by atoms with van der Waals surface area (Å²) in [5.41, 5.74) is 3.29. The Bertz CT molecular complexity index is 933. The molecule has 0 fully saturated rings. The van der Waals surface area contributed by atoms with Gasteiger partial charge in [-0.2, -0.15) is 0 Å². The number of methoxy groups -OCH3 is 1. The lowest BCUT2D eigenvalue weighted by molar-refractivity contribution is -0.113.